The average molecular weight is 641 g/mol. The maximum absolute atomic E-state index is 4.16. The zero-order valence-electron chi connectivity index (χ0n) is 29.4. The maximum Gasteiger partial charge on any atom is 0.0433 e. The van der Waals surface area contributed by atoms with Crippen molar-refractivity contribution in [2.45, 2.75) is 33.9 Å². The molecule has 0 aliphatic rings. The molecule has 0 N–H and O–H groups in total. The molecule has 246 valence electrons. The van der Waals surface area contributed by atoms with Crippen LogP contribution in [0, 0.1) is 13.8 Å². The molecule has 49 heavy (non-hydrogen) atoms. The first-order valence-corrected chi connectivity index (χ1v) is 16.9. The van der Waals surface area contributed by atoms with Crippen molar-refractivity contribution in [1.82, 2.24) is 0 Å². The highest BCUT2D eigenvalue weighted by atomic mass is 15.1. The molecule has 5 aromatic rings. The molecular formula is C47H48N2. The molecule has 0 spiro atoms. The van der Waals surface area contributed by atoms with Crippen LogP contribution >= 0.6 is 0 Å². The molecule has 0 bridgehead atoms. The Labute approximate surface area is 294 Å². The van der Waals surface area contributed by atoms with Crippen LogP contribution in [0.2, 0.25) is 0 Å². The van der Waals surface area contributed by atoms with E-state index in [4.69, 9.17) is 0 Å². The summed E-state index contributed by atoms with van der Waals surface area (Å²) < 4.78 is 0. The summed E-state index contributed by atoms with van der Waals surface area (Å²) in [4.78, 5) is 4.65. The van der Waals surface area contributed by atoms with E-state index in [0.29, 0.717) is 0 Å². The number of allylic oxidation sites excluding steroid dienone is 2. The van der Waals surface area contributed by atoms with E-state index in [9.17, 15) is 0 Å². The summed E-state index contributed by atoms with van der Waals surface area (Å²) in [6, 6.07) is 43.9. The van der Waals surface area contributed by atoms with Crippen LogP contribution in [0.15, 0.2) is 158 Å². The lowest BCUT2D eigenvalue weighted by atomic mass is 10.1. The molecule has 0 aromatic heterocycles. The number of anilines is 2. The number of aryl methyl sites for hydroxylation is 2. The van der Waals surface area contributed by atoms with Crippen LogP contribution in [0.5, 0.6) is 0 Å². The van der Waals surface area contributed by atoms with Gasteiger partial charge in [0.15, 0.2) is 0 Å². The highest BCUT2D eigenvalue weighted by Crippen LogP contribution is 2.23. The molecule has 0 radical (unpaired) electrons. The Morgan fingerprint density at radius 2 is 0.878 bits per heavy atom. The second kappa shape index (κ2) is 17.0. The summed E-state index contributed by atoms with van der Waals surface area (Å²) >= 11 is 0. The number of benzene rings is 5. The van der Waals surface area contributed by atoms with Gasteiger partial charge in [0.05, 0.1) is 0 Å². The van der Waals surface area contributed by atoms with Crippen molar-refractivity contribution in [2.24, 2.45) is 0 Å². The van der Waals surface area contributed by atoms with Gasteiger partial charge in [-0.2, -0.15) is 0 Å². The van der Waals surface area contributed by atoms with Crippen molar-refractivity contribution in [3.8, 4) is 0 Å². The summed E-state index contributed by atoms with van der Waals surface area (Å²) in [5, 5.41) is 0. The fourth-order valence-electron chi connectivity index (χ4n) is 5.51. The third-order valence-corrected chi connectivity index (χ3v) is 8.50. The highest BCUT2D eigenvalue weighted by Gasteiger charge is 2.09. The molecule has 2 nitrogen and oxygen atoms in total. The van der Waals surface area contributed by atoms with Crippen LogP contribution in [0.1, 0.15) is 51.4 Å². The van der Waals surface area contributed by atoms with Crippen LogP contribution < -0.4 is 9.80 Å². The van der Waals surface area contributed by atoms with Crippen molar-refractivity contribution in [3.05, 3.63) is 202 Å². The van der Waals surface area contributed by atoms with E-state index in [1.165, 1.54) is 50.2 Å². The predicted octanol–water partition coefficient (Wildman–Crippen LogP) is 12.0. The molecule has 5 aromatic carbocycles. The minimum absolute atomic E-state index is 0.771. The molecule has 0 aliphatic carbocycles. The minimum atomic E-state index is 0.771. The van der Waals surface area contributed by atoms with Gasteiger partial charge < -0.3 is 9.80 Å². The van der Waals surface area contributed by atoms with Crippen molar-refractivity contribution in [1.29, 1.82) is 0 Å². The number of likely N-dealkylation sites (N-methyl/N-ethyl adjacent to an activating group) is 1. The van der Waals surface area contributed by atoms with Crippen molar-refractivity contribution in [2.75, 3.05) is 23.4 Å². The normalized spacial score (nSPS) is 11.4. The second-order valence-corrected chi connectivity index (χ2v) is 13.0. The minimum Gasteiger partial charge on any atom is -0.370 e. The topological polar surface area (TPSA) is 6.48 Å². The molecule has 0 saturated carbocycles. The summed E-state index contributed by atoms with van der Waals surface area (Å²) in [6.07, 6.45) is 12.7. The smallest absolute Gasteiger partial charge is 0.0433 e. The van der Waals surface area contributed by atoms with Gasteiger partial charge >= 0.3 is 0 Å². The molecular weight excluding hydrogens is 593 g/mol. The Bertz CT molecular complexity index is 1860. The Balaban J connectivity index is 1.18. The van der Waals surface area contributed by atoms with Crippen molar-refractivity contribution in [3.63, 3.8) is 0 Å². The predicted molar refractivity (Wildman–Crippen MR) is 216 cm³/mol. The zero-order valence-corrected chi connectivity index (χ0v) is 29.4. The van der Waals surface area contributed by atoms with Gasteiger partial charge in [-0.05, 0) is 84.0 Å². The first-order valence-electron chi connectivity index (χ1n) is 16.9. The Morgan fingerprint density at radius 1 is 0.510 bits per heavy atom. The number of rotatable bonds is 14. The van der Waals surface area contributed by atoms with Gasteiger partial charge in [-0.1, -0.05) is 163 Å². The first-order chi connectivity index (χ1) is 23.7. The third kappa shape index (κ3) is 11.0. The lowest BCUT2D eigenvalue weighted by Crippen LogP contribution is -2.22. The average Bonchev–Trinajstić information content (AvgIpc) is 3.11. The fraction of sp³-hybridized carbons (Fsp3) is 0.149. The van der Waals surface area contributed by atoms with Crippen LogP contribution in [-0.4, -0.2) is 13.6 Å². The summed E-state index contributed by atoms with van der Waals surface area (Å²) in [5.74, 6) is 0. The molecule has 0 saturated heterocycles. The Hall–Kier alpha value is -5.60. The van der Waals surface area contributed by atoms with Gasteiger partial charge in [-0.25, -0.2) is 0 Å². The lowest BCUT2D eigenvalue weighted by Gasteiger charge is -2.25. The van der Waals surface area contributed by atoms with E-state index < -0.39 is 0 Å². The molecule has 0 heterocycles. The van der Waals surface area contributed by atoms with Gasteiger partial charge in [0, 0.05) is 38.1 Å². The molecule has 0 fully saturated rings. The number of nitrogens with zero attached hydrogens (tertiary/aromatic N) is 2. The Kier molecular flexibility index (Phi) is 12.0. The van der Waals surface area contributed by atoms with Crippen molar-refractivity contribution >= 4 is 35.7 Å². The lowest BCUT2D eigenvalue weighted by molar-refractivity contribution is 0.799. The third-order valence-electron chi connectivity index (χ3n) is 8.50. The van der Waals surface area contributed by atoms with Gasteiger partial charge in [0.2, 0.25) is 0 Å². The number of hydrogen-bond acceptors (Lipinski definition) is 2. The van der Waals surface area contributed by atoms with E-state index in [0.717, 1.165) is 36.5 Å². The molecule has 0 aliphatic heterocycles. The summed E-state index contributed by atoms with van der Waals surface area (Å²) in [6.45, 7) is 16.8. The van der Waals surface area contributed by atoms with E-state index in [1.807, 2.05) is 19.1 Å². The quantitative estimate of drug-likeness (QED) is 0.0880. The van der Waals surface area contributed by atoms with Crippen LogP contribution in [-0.2, 0) is 13.1 Å². The van der Waals surface area contributed by atoms with E-state index in [-0.39, 0.29) is 0 Å². The molecule has 0 atom stereocenters. The second-order valence-electron chi connectivity index (χ2n) is 13.0. The molecule has 2 heteroatoms. The van der Waals surface area contributed by atoms with E-state index in [2.05, 4.69) is 189 Å². The van der Waals surface area contributed by atoms with Crippen LogP contribution in [0.3, 0.4) is 0 Å². The number of hydrogen-bond donors (Lipinski definition) is 0. The maximum atomic E-state index is 4.16. The van der Waals surface area contributed by atoms with E-state index in [1.54, 1.807) is 0 Å². The van der Waals surface area contributed by atoms with E-state index >= 15 is 0 Å². The van der Waals surface area contributed by atoms with Gasteiger partial charge in [0.25, 0.3) is 0 Å². The summed E-state index contributed by atoms with van der Waals surface area (Å²) in [5.41, 5.74) is 14.3. The van der Waals surface area contributed by atoms with Crippen molar-refractivity contribution < 1.29 is 0 Å². The fourth-order valence-corrected chi connectivity index (χ4v) is 5.51. The summed E-state index contributed by atoms with van der Waals surface area (Å²) in [7, 11) is 2.09. The largest absolute Gasteiger partial charge is 0.370 e. The Morgan fingerprint density at radius 3 is 1.27 bits per heavy atom. The van der Waals surface area contributed by atoms with Crippen LogP contribution in [0.4, 0.5) is 11.4 Å². The first kappa shape index (κ1) is 34.7. The van der Waals surface area contributed by atoms with Gasteiger partial charge in [0.1, 0.15) is 0 Å². The van der Waals surface area contributed by atoms with Crippen LogP contribution in [0.25, 0.3) is 24.3 Å². The molecule has 0 unspecified atom stereocenters. The standard InChI is InChI=1S/C47H48N2/c1-36(2)7-8-39(5)33-48(6)46-29-25-42(26-30-46)23-21-40-17-19-41(20-18-40)22-24-43-27-31-47(32-28-43)49(34-44-13-9-37(3)10-14-44)35-45-15-11-38(4)12-16-45/h7-32H,1,5,33-35H2,2-4,6H3. The molecule has 0 amide bonds. The zero-order chi connectivity index (χ0) is 34.6. The monoisotopic (exact) mass is 640 g/mol. The van der Waals surface area contributed by atoms with Gasteiger partial charge in [-0.15, -0.1) is 0 Å². The van der Waals surface area contributed by atoms with Gasteiger partial charge in [-0.3, -0.25) is 0 Å². The highest BCUT2D eigenvalue weighted by molar-refractivity contribution is 5.74. The SMILES string of the molecule is C=C(C)C=CC(=C)CN(C)c1ccc(C=Cc2ccc(C=Cc3ccc(N(Cc4ccc(C)cc4)Cc4ccc(C)cc4)cc3)cc2)cc1. The molecule has 5 rings (SSSR count).